The molecule has 0 aliphatic rings. The Morgan fingerprint density at radius 1 is 1.03 bits per heavy atom. The lowest BCUT2D eigenvalue weighted by molar-refractivity contribution is -0.114. The predicted octanol–water partition coefficient (Wildman–Crippen LogP) is 4.53. The number of nitrogens with one attached hydrogen (secondary N) is 2. The lowest BCUT2D eigenvalue weighted by Crippen LogP contribution is -2.16. The van der Waals surface area contributed by atoms with Gasteiger partial charge in [0.25, 0.3) is 10.0 Å². The fraction of sp³-hybridized carbons (Fsp3) is 0.238. The third-order valence-corrected chi connectivity index (χ3v) is 5.73. The number of nitrogens with zero attached hydrogens (tertiary/aromatic N) is 1. The summed E-state index contributed by atoms with van der Waals surface area (Å²) in [6, 6.07) is 13.5. The molecule has 8 heteroatoms. The van der Waals surface area contributed by atoms with Crippen LogP contribution < -0.4 is 10.0 Å². The van der Waals surface area contributed by atoms with Crippen LogP contribution in [0.25, 0.3) is 11.3 Å². The number of aromatic nitrogens is 1. The van der Waals surface area contributed by atoms with Gasteiger partial charge in [-0.2, -0.15) is 0 Å². The number of hydrogen-bond donors (Lipinski definition) is 2. The van der Waals surface area contributed by atoms with Crippen LogP contribution in [-0.4, -0.2) is 19.5 Å². The summed E-state index contributed by atoms with van der Waals surface area (Å²) in [5, 5.41) is 6.51. The number of amides is 1. The van der Waals surface area contributed by atoms with E-state index in [2.05, 4.69) is 15.2 Å². The van der Waals surface area contributed by atoms with E-state index >= 15 is 0 Å². The molecule has 1 amide bonds. The van der Waals surface area contributed by atoms with Gasteiger partial charge in [-0.05, 0) is 48.7 Å². The number of hydrogen-bond acceptors (Lipinski definition) is 5. The summed E-state index contributed by atoms with van der Waals surface area (Å²) in [6.45, 7) is 7.09. The SMILES string of the molecule is CC(=O)Nc1ccc(NS(=O)(=O)c2cc(-c3cc(C)no3)ccc2C(C)C)cc1. The van der Waals surface area contributed by atoms with Crippen molar-refractivity contribution in [1.29, 1.82) is 0 Å². The Bertz CT molecular complexity index is 1130. The molecule has 0 saturated heterocycles. The molecule has 2 aromatic carbocycles. The average molecular weight is 413 g/mol. The molecule has 0 aliphatic carbocycles. The van der Waals surface area contributed by atoms with Crippen LogP contribution in [0.3, 0.4) is 0 Å². The van der Waals surface area contributed by atoms with Crippen LogP contribution >= 0.6 is 0 Å². The van der Waals surface area contributed by atoms with E-state index in [1.54, 1.807) is 49.4 Å². The van der Waals surface area contributed by atoms with Crippen molar-refractivity contribution < 1.29 is 17.7 Å². The third kappa shape index (κ3) is 4.83. The molecule has 0 atom stereocenters. The van der Waals surface area contributed by atoms with Gasteiger partial charge in [-0.1, -0.05) is 31.1 Å². The quantitative estimate of drug-likeness (QED) is 0.618. The predicted molar refractivity (Wildman–Crippen MR) is 112 cm³/mol. The largest absolute Gasteiger partial charge is 0.356 e. The number of anilines is 2. The molecule has 152 valence electrons. The van der Waals surface area contributed by atoms with Gasteiger partial charge in [0.1, 0.15) is 0 Å². The zero-order valence-electron chi connectivity index (χ0n) is 16.7. The first-order valence-electron chi connectivity index (χ1n) is 9.14. The van der Waals surface area contributed by atoms with E-state index in [4.69, 9.17) is 4.52 Å². The summed E-state index contributed by atoms with van der Waals surface area (Å²) >= 11 is 0. The van der Waals surface area contributed by atoms with Gasteiger partial charge in [-0.25, -0.2) is 8.42 Å². The van der Waals surface area contributed by atoms with Crippen molar-refractivity contribution in [2.75, 3.05) is 10.0 Å². The molecule has 1 aromatic heterocycles. The van der Waals surface area contributed by atoms with E-state index in [1.807, 2.05) is 19.9 Å². The topological polar surface area (TPSA) is 101 Å². The van der Waals surface area contributed by atoms with Crippen molar-refractivity contribution in [3.8, 4) is 11.3 Å². The minimum atomic E-state index is -3.85. The normalized spacial score (nSPS) is 11.5. The standard InChI is InChI=1S/C21H23N3O4S/c1-13(2)19-10-5-16(20-11-14(3)23-28-20)12-21(19)29(26,27)24-18-8-6-17(7-9-18)22-15(4)25/h5-13,24H,1-4H3,(H,22,25). The molecule has 7 nitrogen and oxygen atoms in total. The smallest absolute Gasteiger partial charge is 0.262 e. The molecule has 1 heterocycles. The molecule has 29 heavy (non-hydrogen) atoms. The molecule has 2 N–H and O–H groups in total. The molecule has 0 bridgehead atoms. The Morgan fingerprint density at radius 3 is 2.24 bits per heavy atom. The van der Waals surface area contributed by atoms with Crippen LogP contribution in [0.2, 0.25) is 0 Å². The van der Waals surface area contributed by atoms with Gasteiger partial charge in [0.15, 0.2) is 5.76 Å². The van der Waals surface area contributed by atoms with E-state index in [-0.39, 0.29) is 16.7 Å². The lowest BCUT2D eigenvalue weighted by Gasteiger charge is -2.16. The minimum Gasteiger partial charge on any atom is -0.356 e. The number of carbonyl (C=O) groups is 1. The molecule has 0 radical (unpaired) electrons. The number of rotatable bonds is 6. The number of sulfonamides is 1. The van der Waals surface area contributed by atoms with E-state index in [0.717, 1.165) is 5.69 Å². The van der Waals surface area contributed by atoms with Crippen molar-refractivity contribution in [2.45, 2.75) is 38.5 Å². The van der Waals surface area contributed by atoms with Gasteiger partial charge in [0.2, 0.25) is 5.91 Å². The second-order valence-corrected chi connectivity index (χ2v) is 8.75. The molecule has 0 fully saturated rings. The van der Waals surface area contributed by atoms with Crippen LogP contribution in [0.15, 0.2) is 57.9 Å². The van der Waals surface area contributed by atoms with Gasteiger partial charge >= 0.3 is 0 Å². The van der Waals surface area contributed by atoms with Crippen LogP contribution in [0, 0.1) is 6.92 Å². The van der Waals surface area contributed by atoms with E-state index in [0.29, 0.717) is 28.3 Å². The summed E-state index contributed by atoms with van der Waals surface area (Å²) in [5.74, 6) is 0.322. The highest BCUT2D eigenvalue weighted by Crippen LogP contribution is 2.31. The fourth-order valence-electron chi connectivity index (χ4n) is 2.93. The molecule has 0 spiro atoms. The van der Waals surface area contributed by atoms with Gasteiger partial charge in [-0.3, -0.25) is 9.52 Å². The zero-order valence-corrected chi connectivity index (χ0v) is 17.5. The zero-order chi connectivity index (χ0) is 21.2. The molecule has 0 saturated carbocycles. The Balaban J connectivity index is 1.97. The Labute approximate surface area is 170 Å². The monoisotopic (exact) mass is 413 g/mol. The van der Waals surface area contributed by atoms with Crippen LogP contribution in [0.4, 0.5) is 11.4 Å². The molecule has 0 aliphatic heterocycles. The van der Waals surface area contributed by atoms with E-state index < -0.39 is 10.0 Å². The summed E-state index contributed by atoms with van der Waals surface area (Å²) in [6.07, 6.45) is 0. The van der Waals surface area contributed by atoms with E-state index in [9.17, 15) is 13.2 Å². The fourth-order valence-corrected chi connectivity index (χ4v) is 4.38. The van der Waals surface area contributed by atoms with Crippen LogP contribution in [-0.2, 0) is 14.8 Å². The molecule has 3 aromatic rings. The highest BCUT2D eigenvalue weighted by Gasteiger charge is 2.22. The average Bonchev–Trinajstić information content (AvgIpc) is 3.08. The highest BCUT2D eigenvalue weighted by molar-refractivity contribution is 7.92. The maximum atomic E-state index is 13.2. The summed E-state index contributed by atoms with van der Waals surface area (Å²) < 4.78 is 34.2. The molecular weight excluding hydrogens is 390 g/mol. The Hall–Kier alpha value is -3.13. The Kier molecular flexibility index (Phi) is 5.74. The minimum absolute atomic E-state index is 0.00855. The van der Waals surface area contributed by atoms with E-state index in [1.165, 1.54) is 6.92 Å². The first kappa shape index (κ1) is 20.6. The Morgan fingerprint density at radius 2 is 1.69 bits per heavy atom. The number of aryl methyl sites for hydroxylation is 1. The van der Waals surface area contributed by atoms with Gasteiger partial charge in [0.05, 0.1) is 10.6 Å². The highest BCUT2D eigenvalue weighted by atomic mass is 32.2. The first-order chi connectivity index (χ1) is 13.7. The maximum absolute atomic E-state index is 13.2. The maximum Gasteiger partial charge on any atom is 0.262 e. The number of benzene rings is 2. The third-order valence-electron chi connectivity index (χ3n) is 4.30. The number of carbonyl (C=O) groups excluding carboxylic acids is 1. The van der Waals surface area contributed by atoms with Crippen molar-refractivity contribution in [2.24, 2.45) is 0 Å². The summed E-state index contributed by atoms with van der Waals surface area (Å²) in [4.78, 5) is 11.3. The summed E-state index contributed by atoms with van der Waals surface area (Å²) in [5.41, 5.74) is 3.04. The van der Waals surface area contributed by atoms with Crippen molar-refractivity contribution >= 4 is 27.3 Å². The lowest BCUT2D eigenvalue weighted by atomic mass is 10.0. The first-order valence-corrected chi connectivity index (χ1v) is 10.6. The van der Waals surface area contributed by atoms with Gasteiger partial charge in [-0.15, -0.1) is 0 Å². The summed E-state index contributed by atoms with van der Waals surface area (Å²) in [7, 11) is -3.85. The van der Waals surface area contributed by atoms with Crippen LogP contribution in [0.1, 0.15) is 37.9 Å². The van der Waals surface area contributed by atoms with Crippen molar-refractivity contribution in [3.05, 3.63) is 59.8 Å². The van der Waals surface area contributed by atoms with Crippen molar-refractivity contribution in [3.63, 3.8) is 0 Å². The molecular formula is C21H23N3O4S. The molecule has 0 unspecified atom stereocenters. The second-order valence-electron chi connectivity index (χ2n) is 7.10. The van der Waals surface area contributed by atoms with Crippen molar-refractivity contribution in [1.82, 2.24) is 5.16 Å². The van der Waals surface area contributed by atoms with Crippen LogP contribution in [0.5, 0.6) is 0 Å². The second kappa shape index (κ2) is 8.08. The molecule has 3 rings (SSSR count). The van der Waals surface area contributed by atoms with Gasteiger partial charge in [0, 0.05) is 29.9 Å². The van der Waals surface area contributed by atoms with Gasteiger partial charge < -0.3 is 9.84 Å².